The maximum atomic E-state index is 12.1. The van der Waals surface area contributed by atoms with Crippen molar-refractivity contribution in [2.45, 2.75) is 46.1 Å². The van der Waals surface area contributed by atoms with Gasteiger partial charge in [0.15, 0.2) is 0 Å². The Balaban J connectivity index is 1.61. The van der Waals surface area contributed by atoms with Gasteiger partial charge in [0.25, 0.3) is 0 Å². The molecule has 4 unspecified atom stereocenters. The minimum Gasteiger partial charge on any atom is -0.391 e. The minimum absolute atomic E-state index is 0.0219. The number of rotatable bonds is 4. The second kappa shape index (κ2) is 8.16. The van der Waals surface area contributed by atoms with Gasteiger partial charge >= 0.3 is 6.03 Å². The molecule has 4 atom stereocenters. The molecule has 0 radical (unpaired) electrons. The normalized spacial score (nSPS) is 33.7. The number of aliphatic hydroxyl groups excluding tert-OH is 1. The molecule has 0 spiro atoms. The van der Waals surface area contributed by atoms with Crippen LogP contribution in [-0.4, -0.2) is 66.3 Å². The van der Waals surface area contributed by atoms with Gasteiger partial charge in [-0.3, -0.25) is 0 Å². The van der Waals surface area contributed by atoms with Crippen molar-refractivity contribution in [3.05, 3.63) is 0 Å². The van der Waals surface area contributed by atoms with Gasteiger partial charge in [0, 0.05) is 32.7 Å². The maximum Gasteiger partial charge on any atom is 0.317 e. The average Bonchev–Trinajstić information content (AvgIpc) is 2.45. The summed E-state index contributed by atoms with van der Waals surface area (Å²) in [5.74, 6) is 1.87. The van der Waals surface area contributed by atoms with E-state index in [2.05, 4.69) is 24.1 Å². The predicted octanol–water partition coefficient (Wildman–Crippen LogP) is 1.77. The SMILES string of the molecule is CC1CC(C)CN(CCCNC(=O)N2CCC(C)C(O)C2)C1. The quantitative estimate of drug-likeness (QED) is 0.778. The highest BCUT2D eigenvalue weighted by atomic mass is 16.3. The fraction of sp³-hybridized carbons (Fsp3) is 0.941. The Hall–Kier alpha value is -0.810. The summed E-state index contributed by atoms with van der Waals surface area (Å²) in [6.07, 6.45) is 2.84. The van der Waals surface area contributed by atoms with Crippen LogP contribution in [0, 0.1) is 17.8 Å². The van der Waals surface area contributed by atoms with Gasteiger partial charge < -0.3 is 20.2 Å². The molecule has 0 aliphatic carbocycles. The number of nitrogens with zero attached hydrogens (tertiary/aromatic N) is 2. The number of likely N-dealkylation sites (tertiary alicyclic amines) is 2. The van der Waals surface area contributed by atoms with Crippen molar-refractivity contribution in [1.29, 1.82) is 0 Å². The summed E-state index contributed by atoms with van der Waals surface area (Å²) in [4.78, 5) is 16.4. The first-order valence-corrected chi connectivity index (χ1v) is 8.89. The van der Waals surface area contributed by atoms with Crippen molar-refractivity contribution >= 4 is 6.03 Å². The third kappa shape index (κ3) is 5.13. The third-order valence-corrected chi connectivity index (χ3v) is 5.08. The van der Waals surface area contributed by atoms with E-state index >= 15 is 0 Å². The molecule has 0 aromatic heterocycles. The summed E-state index contributed by atoms with van der Waals surface area (Å²) in [6, 6.07) is -0.0219. The van der Waals surface area contributed by atoms with Crippen molar-refractivity contribution in [2.24, 2.45) is 17.8 Å². The number of carbonyl (C=O) groups excluding carboxylic acids is 1. The molecule has 22 heavy (non-hydrogen) atoms. The molecule has 128 valence electrons. The van der Waals surface area contributed by atoms with Gasteiger partial charge in [-0.15, -0.1) is 0 Å². The van der Waals surface area contributed by atoms with Gasteiger partial charge in [-0.1, -0.05) is 20.8 Å². The average molecular weight is 311 g/mol. The van der Waals surface area contributed by atoms with Crippen LogP contribution in [0.4, 0.5) is 4.79 Å². The summed E-state index contributed by atoms with van der Waals surface area (Å²) in [5.41, 5.74) is 0. The van der Waals surface area contributed by atoms with Gasteiger partial charge in [-0.25, -0.2) is 4.79 Å². The molecule has 0 aromatic carbocycles. The second-order valence-electron chi connectivity index (χ2n) is 7.57. The third-order valence-electron chi connectivity index (χ3n) is 5.08. The number of β-amino-alcohol motifs (C(OH)–C–C–N with tert-alkyl or cyclic N) is 1. The van der Waals surface area contributed by atoms with Crippen LogP contribution in [-0.2, 0) is 0 Å². The maximum absolute atomic E-state index is 12.1. The van der Waals surface area contributed by atoms with Crippen molar-refractivity contribution in [3.8, 4) is 0 Å². The highest BCUT2D eigenvalue weighted by Crippen LogP contribution is 2.20. The molecule has 2 fully saturated rings. The van der Waals surface area contributed by atoms with Crippen LogP contribution in [0.2, 0.25) is 0 Å². The zero-order valence-electron chi connectivity index (χ0n) is 14.4. The lowest BCUT2D eigenvalue weighted by Crippen LogP contribution is -2.50. The molecule has 2 amide bonds. The monoisotopic (exact) mass is 311 g/mol. The summed E-state index contributed by atoms with van der Waals surface area (Å²) in [5, 5.41) is 12.9. The first-order chi connectivity index (χ1) is 10.5. The Morgan fingerprint density at radius 2 is 1.86 bits per heavy atom. The number of aliphatic hydroxyl groups is 1. The molecule has 0 aromatic rings. The lowest BCUT2D eigenvalue weighted by molar-refractivity contribution is 0.0435. The van der Waals surface area contributed by atoms with E-state index in [0.29, 0.717) is 12.5 Å². The van der Waals surface area contributed by atoms with E-state index in [1.165, 1.54) is 19.5 Å². The number of nitrogens with one attached hydrogen (secondary N) is 1. The van der Waals surface area contributed by atoms with Gasteiger partial charge in [-0.2, -0.15) is 0 Å². The summed E-state index contributed by atoms with van der Waals surface area (Å²) in [7, 11) is 0. The highest BCUT2D eigenvalue weighted by molar-refractivity contribution is 5.74. The van der Waals surface area contributed by atoms with E-state index in [9.17, 15) is 9.90 Å². The molecule has 2 aliphatic heterocycles. The molecule has 2 rings (SSSR count). The lowest BCUT2D eigenvalue weighted by atomic mass is 9.92. The molecule has 0 bridgehead atoms. The summed E-state index contributed by atoms with van der Waals surface area (Å²) >= 11 is 0. The lowest BCUT2D eigenvalue weighted by Gasteiger charge is -2.35. The zero-order chi connectivity index (χ0) is 16.1. The fourth-order valence-electron chi connectivity index (χ4n) is 3.82. The first-order valence-electron chi connectivity index (χ1n) is 8.89. The molecule has 2 heterocycles. The van der Waals surface area contributed by atoms with Crippen molar-refractivity contribution < 1.29 is 9.90 Å². The van der Waals surface area contributed by atoms with Gasteiger partial charge in [0.2, 0.25) is 0 Å². The molecule has 2 saturated heterocycles. The number of piperidine rings is 2. The molecular weight excluding hydrogens is 278 g/mol. The van der Waals surface area contributed by atoms with E-state index in [1.807, 2.05) is 6.92 Å². The van der Waals surface area contributed by atoms with Crippen LogP contribution in [0.25, 0.3) is 0 Å². The van der Waals surface area contributed by atoms with E-state index < -0.39 is 0 Å². The topological polar surface area (TPSA) is 55.8 Å². The van der Waals surface area contributed by atoms with Crippen LogP contribution in [0.1, 0.15) is 40.0 Å². The van der Waals surface area contributed by atoms with Crippen LogP contribution in [0.15, 0.2) is 0 Å². The number of hydrogen-bond acceptors (Lipinski definition) is 3. The molecule has 5 heteroatoms. The Morgan fingerprint density at radius 1 is 1.18 bits per heavy atom. The Bertz CT molecular complexity index is 354. The zero-order valence-corrected chi connectivity index (χ0v) is 14.4. The predicted molar refractivity (Wildman–Crippen MR) is 88.8 cm³/mol. The largest absolute Gasteiger partial charge is 0.391 e. The first kappa shape index (κ1) is 17.5. The van der Waals surface area contributed by atoms with Crippen LogP contribution < -0.4 is 5.32 Å². The second-order valence-corrected chi connectivity index (χ2v) is 7.57. The fourth-order valence-corrected chi connectivity index (χ4v) is 3.82. The van der Waals surface area contributed by atoms with Crippen molar-refractivity contribution in [1.82, 2.24) is 15.1 Å². The van der Waals surface area contributed by atoms with Gasteiger partial charge in [0.05, 0.1) is 6.10 Å². The summed E-state index contributed by atoms with van der Waals surface area (Å²) in [6.45, 7) is 12.1. The molecule has 0 saturated carbocycles. The van der Waals surface area contributed by atoms with Crippen LogP contribution in [0.5, 0.6) is 0 Å². The van der Waals surface area contributed by atoms with Crippen LogP contribution in [0.3, 0.4) is 0 Å². The highest BCUT2D eigenvalue weighted by Gasteiger charge is 2.27. The minimum atomic E-state index is -0.379. The Labute approximate surface area is 135 Å². The van der Waals surface area contributed by atoms with E-state index in [0.717, 1.165) is 44.3 Å². The number of amides is 2. The molecule has 2 aliphatic rings. The molecule has 5 nitrogen and oxygen atoms in total. The Kier molecular flexibility index (Phi) is 6.50. The van der Waals surface area contributed by atoms with Crippen LogP contribution >= 0.6 is 0 Å². The number of carbonyl (C=O) groups is 1. The number of hydrogen-bond donors (Lipinski definition) is 2. The van der Waals surface area contributed by atoms with Crippen molar-refractivity contribution in [2.75, 3.05) is 39.3 Å². The van der Waals surface area contributed by atoms with Gasteiger partial charge in [0.1, 0.15) is 0 Å². The molecular formula is C17H33N3O2. The van der Waals surface area contributed by atoms with Gasteiger partial charge in [-0.05, 0) is 43.6 Å². The smallest absolute Gasteiger partial charge is 0.317 e. The van der Waals surface area contributed by atoms with E-state index in [1.54, 1.807) is 4.90 Å². The van der Waals surface area contributed by atoms with Crippen molar-refractivity contribution in [3.63, 3.8) is 0 Å². The molecule has 2 N–H and O–H groups in total. The van der Waals surface area contributed by atoms with E-state index in [-0.39, 0.29) is 12.1 Å². The standard InChI is InChI=1S/C17H33N3O2/c1-13-9-14(2)11-19(10-13)7-4-6-18-17(22)20-8-5-15(3)16(21)12-20/h13-16,21H,4-12H2,1-3H3,(H,18,22). The number of urea groups is 1. The Morgan fingerprint density at radius 3 is 2.50 bits per heavy atom. The van der Waals surface area contributed by atoms with E-state index in [4.69, 9.17) is 0 Å². The summed E-state index contributed by atoms with van der Waals surface area (Å²) < 4.78 is 0.